The van der Waals surface area contributed by atoms with Crippen molar-refractivity contribution in [2.24, 2.45) is 0 Å². The molecule has 0 spiro atoms. The number of hydrogen-bond acceptors (Lipinski definition) is 4. The van der Waals surface area contributed by atoms with Crippen LogP contribution in [0, 0.1) is 6.92 Å². The van der Waals surface area contributed by atoms with Gasteiger partial charge in [0.1, 0.15) is 5.75 Å². The smallest absolute Gasteiger partial charge is 0.232 e. The molecule has 0 fully saturated rings. The SMILES string of the molecule is CNCC(O)C1=CC=CC(O)(Oc2ccc(C)cc2)C1. The molecule has 4 heteroatoms. The number of benzene rings is 1. The number of nitrogens with one attached hydrogen (secondary N) is 1. The maximum atomic E-state index is 10.5. The van der Waals surface area contributed by atoms with Crippen LogP contribution < -0.4 is 10.1 Å². The van der Waals surface area contributed by atoms with E-state index in [1.165, 1.54) is 0 Å². The second-order valence-electron chi connectivity index (χ2n) is 5.11. The molecule has 2 atom stereocenters. The predicted molar refractivity (Wildman–Crippen MR) is 78.5 cm³/mol. The third kappa shape index (κ3) is 3.70. The highest BCUT2D eigenvalue weighted by atomic mass is 16.6. The van der Waals surface area contributed by atoms with Crippen LogP contribution in [0.5, 0.6) is 5.75 Å². The lowest BCUT2D eigenvalue weighted by molar-refractivity contribution is -0.0966. The maximum Gasteiger partial charge on any atom is 0.232 e. The quantitative estimate of drug-likeness (QED) is 0.713. The van der Waals surface area contributed by atoms with Gasteiger partial charge in [0, 0.05) is 13.0 Å². The van der Waals surface area contributed by atoms with Gasteiger partial charge in [0.25, 0.3) is 0 Å². The molecular formula is C16H21NO3. The molecule has 108 valence electrons. The van der Waals surface area contributed by atoms with Crippen molar-refractivity contribution in [3.8, 4) is 5.75 Å². The first-order valence-corrected chi connectivity index (χ1v) is 6.71. The second-order valence-corrected chi connectivity index (χ2v) is 5.11. The van der Waals surface area contributed by atoms with E-state index in [4.69, 9.17) is 4.74 Å². The van der Waals surface area contributed by atoms with Crippen LogP contribution in [0.2, 0.25) is 0 Å². The van der Waals surface area contributed by atoms with Crippen molar-refractivity contribution in [1.82, 2.24) is 5.32 Å². The molecule has 0 aromatic heterocycles. The van der Waals surface area contributed by atoms with Crippen LogP contribution in [-0.2, 0) is 0 Å². The Morgan fingerprint density at radius 1 is 1.35 bits per heavy atom. The molecule has 1 aliphatic carbocycles. The van der Waals surface area contributed by atoms with Gasteiger partial charge in [0.05, 0.1) is 6.10 Å². The largest absolute Gasteiger partial charge is 0.459 e. The summed E-state index contributed by atoms with van der Waals surface area (Å²) < 4.78 is 5.65. The van der Waals surface area contributed by atoms with Crippen LogP contribution >= 0.6 is 0 Å². The summed E-state index contributed by atoms with van der Waals surface area (Å²) in [4.78, 5) is 0. The van der Waals surface area contributed by atoms with Crippen molar-refractivity contribution in [1.29, 1.82) is 0 Å². The van der Waals surface area contributed by atoms with Gasteiger partial charge in [-0.05, 0) is 37.8 Å². The maximum absolute atomic E-state index is 10.5. The third-order valence-electron chi connectivity index (χ3n) is 3.27. The first-order valence-electron chi connectivity index (χ1n) is 6.71. The fourth-order valence-corrected chi connectivity index (χ4v) is 2.17. The van der Waals surface area contributed by atoms with E-state index < -0.39 is 11.9 Å². The molecule has 1 aliphatic rings. The zero-order valence-corrected chi connectivity index (χ0v) is 11.8. The van der Waals surface area contributed by atoms with Gasteiger partial charge in [0.2, 0.25) is 5.79 Å². The first-order chi connectivity index (χ1) is 9.52. The molecule has 0 heterocycles. The van der Waals surface area contributed by atoms with Gasteiger partial charge in [-0.25, -0.2) is 0 Å². The van der Waals surface area contributed by atoms with E-state index in [2.05, 4.69) is 5.32 Å². The number of ether oxygens (including phenoxy) is 1. The van der Waals surface area contributed by atoms with Gasteiger partial charge in [0.15, 0.2) is 0 Å². The molecule has 2 unspecified atom stereocenters. The molecule has 1 aromatic rings. The molecule has 0 aliphatic heterocycles. The molecule has 3 N–H and O–H groups in total. The molecule has 0 amide bonds. The van der Waals surface area contributed by atoms with Gasteiger partial charge < -0.3 is 20.3 Å². The molecule has 2 rings (SSSR count). The summed E-state index contributed by atoms with van der Waals surface area (Å²) in [6.45, 7) is 2.44. The molecule has 4 nitrogen and oxygen atoms in total. The van der Waals surface area contributed by atoms with Crippen molar-refractivity contribution in [2.45, 2.75) is 25.2 Å². The summed E-state index contributed by atoms with van der Waals surface area (Å²) in [6, 6.07) is 7.50. The minimum absolute atomic E-state index is 0.250. The number of aryl methyl sites for hydroxylation is 1. The van der Waals surface area contributed by atoms with E-state index in [-0.39, 0.29) is 6.42 Å². The second kappa shape index (κ2) is 6.22. The Morgan fingerprint density at radius 3 is 2.70 bits per heavy atom. The topological polar surface area (TPSA) is 61.7 Å². The molecule has 0 saturated heterocycles. The summed E-state index contributed by atoms with van der Waals surface area (Å²) in [5.74, 6) is -0.805. The lowest BCUT2D eigenvalue weighted by atomic mass is 9.95. The monoisotopic (exact) mass is 275 g/mol. The number of allylic oxidation sites excluding steroid dienone is 2. The number of aliphatic hydroxyl groups excluding tert-OH is 1. The summed E-state index contributed by atoms with van der Waals surface area (Å²) in [7, 11) is 1.78. The summed E-state index contributed by atoms with van der Waals surface area (Å²) >= 11 is 0. The van der Waals surface area contributed by atoms with Crippen molar-refractivity contribution >= 4 is 0 Å². The lowest BCUT2D eigenvalue weighted by Gasteiger charge is -2.30. The highest BCUT2D eigenvalue weighted by Gasteiger charge is 2.31. The zero-order valence-electron chi connectivity index (χ0n) is 11.8. The molecule has 1 aromatic carbocycles. The van der Waals surface area contributed by atoms with Crippen LogP contribution in [0.4, 0.5) is 0 Å². The fourth-order valence-electron chi connectivity index (χ4n) is 2.17. The highest BCUT2D eigenvalue weighted by molar-refractivity contribution is 5.31. The average Bonchev–Trinajstić information content (AvgIpc) is 2.41. The van der Waals surface area contributed by atoms with Crippen molar-refractivity contribution in [2.75, 3.05) is 13.6 Å². The average molecular weight is 275 g/mol. The molecular weight excluding hydrogens is 254 g/mol. The Labute approximate surface area is 119 Å². The normalized spacial score (nSPS) is 23.3. The van der Waals surface area contributed by atoms with E-state index in [9.17, 15) is 10.2 Å². The number of aliphatic hydroxyl groups is 2. The van der Waals surface area contributed by atoms with Gasteiger partial charge in [-0.2, -0.15) is 0 Å². The van der Waals surface area contributed by atoms with Gasteiger partial charge >= 0.3 is 0 Å². The Morgan fingerprint density at radius 2 is 2.05 bits per heavy atom. The van der Waals surface area contributed by atoms with Gasteiger partial charge in [-0.3, -0.25) is 0 Å². The number of hydrogen-bond donors (Lipinski definition) is 3. The van der Waals surface area contributed by atoms with E-state index in [1.807, 2.05) is 37.3 Å². The van der Waals surface area contributed by atoms with Crippen LogP contribution in [0.3, 0.4) is 0 Å². The molecule has 0 saturated carbocycles. The molecule has 20 heavy (non-hydrogen) atoms. The predicted octanol–water partition coefficient (Wildman–Crippen LogP) is 1.53. The standard InChI is InChI=1S/C16H21NO3/c1-12-5-7-14(8-6-12)20-16(19)9-3-4-13(10-16)15(18)11-17-2/h3-9,15,17-19H,10-11H2,1-2H3. The summed E-state index contributed by atoms with van der Waals surface area (Å²) in [6.07, 6.45) is 4.75. The molecule has 0 bridgehead atoms. The zero-order chi connectivity index (χ0) is 14.6. The molecule has 0 radical (unpaired) electrons. The minimum atomic E-state index is -1.41. The van der Waals surface area contributed by atoms with Crippen molar-refractivity contribution < 1.29 is 14.9 Å². The van der Waals surface area contributed by atoms with E-state index >= 15 is 0 Å². The Hall–Kier alpha value is -1.62. The number of likely N-dealkylation sites (N-methyl/N-ethyl adjacent to an activating group) is 1. The third-order valence-corrected chi connectivity index (χ3v) is 3.27. The summed E-state index contributed by atoms with van der Waals surface area (Å²) in [5, 5.41) is 23.4. The van der Waals surface area contributed by atoms with Crippen molar-refractivity contribution in [3.63, 3.8) is 0 Å². The van der Waals surface area contributed by atoms with E-state index in [0.29, 0.717) is 12.3 Å². The minimum Gasteiger partial charge on any atom is -0.459 e. The van der Waals surface area contributed by atoms with Crippen LogP contribution in [0.25, 0.3) is 0 Å². The fraction of sp³-hybridized carbons (Fsp3) is 0.375. The number of rotatable bonds is 5. The Kier molecular flexibility index (Phi) is 4.60. The van der Waals surface area contributed by atoms with Gasteiger partial charge in [-0.1, -0.05) is 29.8 Å². The van der Waals surface area contributed by atoms with Gasteiger partial charge in [-0.15, -0.1) is 0 Å². The van der Waals surface area contributed by atoms with Crippen molar-refractivity contribution in [3.05, 3.63) is 53.6 Å². The Balaban J connectivity index is 2.07. The lowest BCUT2D eigenvalue weighted by Crippen LogP contribution is -2.38. The summed E-state index contributed by atoms with van der Waals surface area (Å²) in [5.41, 5.74) is 1.88. The van der Waals surface area contributed by atoms with E-state index in [1.54, 1.807) is 19.2 Å². The van der Waals surface area contributed by atoms with Crippen LogP contribution in [0.1, 0.15) is 12.0 Å². The Bertz CT molecular complexity index is 507. The van der Waals surface area contributed by atoms with Crippen LogP contribution in [-0.4, -0.2) is 35.7 Å². The van der Waals surface area contributed by atoms with Crippen LogP contribution in [0.15, 0.2) is 48.1 Å². The highest BCUT2D eigenvalue weighted by Crippen LogP contribution is 2.28. The first kappa shape index (κ1) is 14.8. The van der Waals surface area contributed by atoms with E-state index in [0.717, 1.165) is 11.1 Å².